The molecular formula is C13H15N3O2. The molecule has 5 heteroatoms. The Labute approximate surface area is 105 Å². The third kappa shape index (κ3) is 2.46. The van der Waals surface area contributed by atoms with Crippen LogP contribution in [0, 0.1) is 0 Å². The summed E-state index contributed by atoms with van der Waals surface area (Å²) in [7, 11) is 0. The van der Waals surface area contributed by atoms with Crippen LogP contribution < -0.4 is 14.8 Å². The van der Waals surface area contributed by atoms with Crippen molar-refractivity contribution in [2.45, 2.75) is 12.6 Å². The summed E-state index contributed by atoms with van der Waals surface area (Å²) in [5, 5.41) is 10.1. The third-order valence-electron chi connectivity index (χ3n) is 2.81. The lowest BCUT2D eigenvalue weighted by Gasteiger charge is -2.26. The highest BCUT2D eigenvalue weighted by atomic mass is 16.6. The van der Waals surface area contributed by atoms with Crippen molar-refractivity contribution in [3.63, 3.8) is 0 Å². The number of aromatic nitrogens is 2. The lowest BCUT2D eigenvalue weighted by molar-refractivity contribution is 0.0901. The molecule has 3 rings (SSSR count). The fourth-order valence-electron chi connectivity index (χ4n) is 1.91. The average Bonchev–Trinajstić information content (AvgIpc) is 2.92. The van der Waals surface area contributed by atoms with Crippen molar-refractivity contribution in [1.82, 2.24) is 15.5 Å². The van der Waals surface area contributed by atoms with Crippen LogP contribution >= 0.6 is 0 Å². The predicted molar refractivity (Wildman–Crippen MR) is 66.6 cm³/mol. The summed E-state index contributed by atoms with van der Waals surface area (Å²) in [6, 6.07) is 9.68. The largest absolute Gasteiger partial charge is 0.486 e. The molecule has 1 unspecified atom stereocenters. The Morgan fingerprint density at radius 1 is 1.28 bits per heavy atom. The minimum absolute atomic E-state index is 0.0443. The molecule has 94 valence electrons. The van der Waals surface area contributed by atoms with Crippen molar-refractivity contribution in [2.75, 3.05) is 13.2 Å². The molecule has 1 aliphatic rings. The predicted octanol–water partition coefficient (Wildman–Crippen LogP) is 1.34. The first kappa shape index (κ1) is 11.1. The number of fused-ring (bicyclic) bond motifs is 1. The number of rotatable bonds is 4. The zero-order chi connectivity index (χ0) is 12.2. The van der Waals surface area contributed by atoms with Gasteiger partial charge < -0.3 is 14.8 Å². The van der Waals surface area contributed by atoms with Gasteiger partial charge in [0.1, 0.15) is 12.7 Å². The SMILES string of the molecule is c1ccc2c(c1)OCC(CNCc1ccn[nH]1)O2. The molecule has 0 spiro atoms. The maximum absolute atomic E-state index is 5.84. The van der Waals surface area contributed by atoms with Gasteiger partial charge in [-0.2, -0.15) is 5.10 Å². The highest BCUT2D eigenvalue weighted by molar-refractivity contribution is 5.40. The molecular weight excluding hydrogens is 230 g/mol. The average molecular weight is 245 g/mol. The summed E-state index contributed by atoms with van der Waals surface area (Å²) in [5.41, 5.74) is 1.06. The molecule has 1 aromatic carbocycles. The van der Waals surface area contributed by atoms with Crippen LogP contribution in [0.2, 0.25) is 0 Å². The standard InChI is InChI=1S/C13H15N3O2/c1-2-4-13-12(3-1)17-9-11(18-13)8-14-7-10-5-6-15-16-10/h1-6,11,14H,7-9H2,(H,15,16). The molecule has 0 amide bonds. The maximum atomic E-state index is 5.84. The second-order valence-electron chi connectivity index (χ2n) is 4.21. The normalized spacial score (nSPS) is 17.7. The van der Waals surface area contributed by atoms with Gasteiger partial charge >= 0.3 is 0 Å². The molecule has 1 aromatic heterocycles. The third-order valence-corrected chi connectivity index (χ3v) is 2.81. The molecule has 0 fully saturated rings. The topological polar surface area (TPSA) is 59.2 Å². The van der Waals surface area contributed by atoms with Gasteiger partial charge in [0.15, 0.2) is 11.5 Å². The molecule has 1 aliphatic heterocycles. The number of benzene rings is 1. The van der Waals surface area contributed by atoms with Crippen molar-refractivity contribution in [3.8, 4) is 11.5 Å². The van der Waals surface area contributed by atoms with Crippen LogP contribution in [0.25, 0.3) is 0 Å². The number of hydrogen-bond acceptors (Lipinski definition) is 4. The van der Waals surface area contributed by atoms with E-state index in [0.717, 1.165) is 30.3 Å². The lowest BCUT2D eigenvalue weighted by Crippen LogP contribution is -2.38. The molecule has 2 aromatic rings. The molecule has 2 N–H and O–H groups in total. The van der Waals surface area contributed by atoms with Gasteiger partial charge in [0, 0.05) is 25.0 Å². The number of para-hydroxylation sites is 2. The molecule has 18 heavy (non-hydrogen) atoms. The molecule has 0 saturated heterocycles. The molecule has 2 heterocycles. The van der Waals surface area contributed by atoms with Gasteiger partial charge in [0.2, 0.25) is 0 Å². The lowest BCUT2D eigenvalue weighted by atomic mass is 10.2. The number of H-pyrrole nitrogens is 1. The Balaban J connectivity index is 1.51. The highest BCUT2D eigenvalue weighted by Gasteiger charge is 2.19. The number of ether oxygens (including phenoxy) is 2. The summed E-state index contributed by atoms with van der Waals surface area (Å²) in [6.45, 7) is 2.07. The van der Waals surface area contributed by atoms with E-state index in [2.05, 4.69) is 15.5 Å². The van der Waals surface area contributed by atoms with E-state index < -0.39 is 0 Å². The zero-order valence-corrected chi connectivity index (χ0v) is 9.93. The Hall–Kier alpha value is -2.01. The monoisotopic (exact) mass is 245 g/mol. The Morgan fingerprint density at radius 3 is 3.00 bits per heavy atom. The molecule has 0 bridgehead atoms. The van der Waals surface area contributed by atoms with E-state index in [-0.39, 0.29) is 6.10 Å². The van der Waals surface area contributed by atoms with Crippen LogP contribution in [0.1, 0.15) is 5.69 Å². The van der Waals surface area contributed by atoms with Crippen molar-refractivity contribution in [2.24, 2.45) is 0 Å². The van der Waals surface area contributed by atoms with E-state index in [1.54, 1.807) is 6.20 Å². The zero-order valence-electron chi connectivity index (χ0n) is 9.93. The smallest absolute Gasteiger partial charge is 0.161 e. The molecule has 0 aliphatic carbocycles. The molecule has 0 radical (unpaired) electrons. The van der Waals surface area contributed by atoms with Crippen molar-refractivity contribution in [3.05, 3.63) is 42.2 Å². The highest BCUT2D eigenvalue weighted by Crippen LogP contribution is 2.30. The maximum Gasteiger partial charge on any atom is 0.161 e. The van der Waals surface area contributed by atoms with Gasteiger partial charge in [-0.25, -0.2) is 0 Å². The second-order valence-corrected chi connectivity index (χ2v) is 4.21. The Bertz CT molecular complexity index is 499. The van der Waals surface area contributed by atoms with Crippen LogP contribution in [-0.4, -0.2) is 29.5 Å². The van der Waals surface area contributed by atoms with E-state index in [1.807, 2.05) is 30.3 Å². The van der Waals surface area contributed by atoms with Gasteiger partial charge in [-0.1, -0.05) is 12.1 Å². The Morgan fingerprint density at radius 2 is 2.17 bits per heavy atom. The van der Waals surface area contributed by atoms with Crippen molar-refractivity contribution in [1.29, 1.82) is 0 Å². The molecule has 0 saturated carbocycles. The summed E-state index contributed by atoms with van der Waals surface area (Å²) in [6.07, 6.45) is 1.79. The van der Waals surface area contributed by atoms with Crippen LogP contribution in [0.3, 0.4) is 0 Å². The first-order valence-electron chi connectivity index (χ1n) is 5.99. The number of hydrogen-bond donors (Lipinski definition) is 2. The minimum Gasteiger partial charge on any atom is -0.486 e. The fourth-order valence-corrected chi connectivity index (χ4v) is 1.91. The fraction of sp³-hybridized carbons (Fsp3) is 0.308. The summed E-state index contributed by atoms with van der Waals surface area (Å²) < 4.78 is 11.5. The van der Waals surface area contributed by atoms with E-state index >= 15 is 0 Å². The molecule has 5 nitrogen and oxygen atoms in total. The van der Waals surface area contributed by atoms with Crippen molar-refractivity contribution >= 4 is 0 Å². The Kier molecular flexibility index (Phi) is 3.14. The van der Waals surface area contributed by atoms with Crippen molar-refractivity contribution < 1.29 is 9.47 Å². The summed E-state index contributed by atoms with van der Waals surface area (Å²) in [5.74, 6) is 1.64. The summed E-state index contributed by atoms with van der Waals surface area (Å²) in [4.78, 5) is 0. The van der Waals surface area contributed by atoms with Crippen LogP contribution in [-0.2, 0) is 6.54 Å². The number of aromatic amines is 1. The van der Waals surface area contributed by atoms with E-state index in [9.17, 15) is 0 Å². The van der Waals surface area contributed by atoms with E-state index in [4.69, 9.17) is 9.47 Å². The first-order chi connectivity index (χ1) is 8.92. The van der Waals surface area contributed by atoms with Gasteiger partial charge in [-0.15, -0.1) is 0 Å². The van der Waals surface area contributed by atoms with Crippen LogP contribution in [0.5, 0.6) is 11.5 Å². The minimum atomic E-state index is 0.0443. The van der Waals surface area contributed by atoms with Gasteiger partial charge in [-0.3, -0.25) is 5.10 Å². The first-order valence-corrected chi connectivity index (χ1v) is 5.99. The van der Waals surface area contributed by atoms with Gasteiger partial charge in [0.25, 0.3) is 0 Å². The quantitative estimate of drug-likeness (QED) is 0.853. The second kappa shape index (κ2) is 5.10. The number of nitrogens with one attached hydrogen (secondary N) is 2. The van der Waals surface area contributed by atoms with E-state index in [1.165, 1.54) is 0 Å². The van der Waals surface area contributed by atoms with Gasteiger partial charge in [0.05, 0.1) is 0 Å². The van der Waals surface area contributed by atoms with Gasteiger partial charge in [-0.05, 0) is 18.2 Å². The summed E-state index contributed by atoms with van der Waals surface area (Å²) >= 11 is 0. The van der Waals surface area contributed by atoms with Crippen LogP contribution in [0.4, 0.5) is 0 Å². The molecule has 1 atom stereocenters. The van der Waals surface area contributed by atoms with Crippen LogP contribution in [0.15, 0.2) is 36.5 Å². The number of nitrogens with zero attached hydrogens (tertiary/aromatic N) is 1. The van der Waals surface area contributed by atoms with E-state index in [0.29, 0.717) is 6.61 Å².